The second kappa shape index (κ2) is 12.6. The van der Waals surface area contributed by atoms with E-state index in [2.05, 4.69) is 37.0 Å². The molecule has 2 aromatic rings. The molecule has 7 fully saturated rings. The highest BCUT2D eigenvalue weighted by Crippen LogP contribution is 2.78. The number of Topliss-reactive ketones (excluding diaryl/α,β-unsaturated/α-hetero) is 1. The number of allylic oxidation sites excluding steroid dienone is 4. The van der Waals surface area contributed by atoms with Crippen LogP contribution in [0, 0.1) is 56.7 Å². The van der Waals surface area contributed by atoms with Crippen LogP contribution in [0.3, 0.4) is 0 Å². The number of rotatable bonds is 10. The third-order valence-corrected chi connectivity index (χ3v) is 18.0. The lowest BCUT2D eigenvalue weighted by Crippen LogP contribution is -2.67. The number of aliphatic hydroxyl groups excluding tert-OH is 1. The zero-order valence-corrected chi connectivity index (χ0v) is 33.9. The fourth-order valence-electron chi connectivity index (χ4n) is 15.9. The molecule has 1 amide bonds. The van der Waals surface area contributed by atoms with Crippen molar-refractivity contribution in [2.75, 3.05) is 27.3 Å². The van der Waals surface area contributed by atoms with Crippen LogP contribution in [-0.2, 0) is 11.2 Å². The number of ketones is 1. The number of amides is 1. The summed E-state index contributed by atoms with van der Waals surface area (Å²) in [4.78, 5) is 31.7. The minimum atomic E-state index is -1.13. The van der Waals surface area contributed by atoms with Gasteiger partial charge < -0.3 is 29.0 Å². The van der Waals surface area contributed by atoms with E-state index in [0.717, 1.165) is 61.0 Å². The zero-order chi connectivity index (χ0) is 38.9. The lowest BCUT2D eigenvalue weighted by molar-refractivity contribution is -0.181. The van der Waals surface area contributed by atoms with Gasteiger partial charge in [0, 0.05) is 34.9 Å². The maximum atomic E-state index is 14.9. The molecule has 0 aliphatic heterocycles. The van der Waals surface area contributed by atoms with Crippen LogP contribution in [-0.4, -0.2) is 65.8 Å². The summed E-state index contributed by atoms with van der Waals surface area (Å²) in [6, 6.07) is 9.29. The second-order valence-electron chi connectivity index (χ2n) is 20.7. The van der Waals surface area contributed by atoms with Crippen molar-refractivity contribution in [1.29, 1.82) is 0 Å². The van der Waals surface area contributed by atoms with Gasteiger partial charge in [-0.1, -0.05) is 38.1 Å². The number of methoxy groups -OCH3 is 2. The molecule has 10 aliphatic rings. The van der Waals surface area contributed by atoms with E-state index in [4.69, 9.17) is 13.9 Å². The SMILES string of the molecule is COc1ccc(CC(=O)N(CC23CC4CC(CC(C4)C2)C3)CC2(O)CCC3C45C=CC6(C=C4C(=O)c4ccco4)CC(O)CCC6(C)C5CCC32C)cc1OC. The molecule has 2 spiro atoms. The highest BCUT2D eigenvalue weighted by atomic mass is 16.5. The van der Waals surface area contributed by atoms with Gasteiger partial charge in [0.15, 0.2) is 17.3 Å². The summed E-state index contributed by atoms with van der Waals surface area (Å²) < 4.78 is 16.9. The molecule has 56 heavy (non-hydrogen) atoms. The van der Waals surface area contributed by atoms with Crippen molar-refractivity contribution in [1.82, 2.24) is 4.90 Å². The van der Waals surface area contributed by atoms with Crippen molar-refractivity contribution in [2.24, 2.45) is 56.7 Å². The van der Waals surface area contributed by atoms with Gasteiger partial charge in [-0.15, -0.1) is 0 Å². The number of hydrogen-bond acceptors (Lipinski definition) is 7. The molecular formula is C48H61NO7. The Morgan fingerprint density at radius 1 is 0.839 bits per heavy atom. The summed E-state index contributed by atoms with van der Waals surface area (Å²) in [5, 5.41) is 24.5. The lowest BCUT2D eigenvalue weighted by Gasteiger charge is -2.71. The molecule has 7 saturated carbocycles. The number of hydrogen-bond donors (Lipinski definition) is 2. The van der Waals surface area contributed by atoms with Crippen LogP contribution in [0.15, 0.2) is 64.8 Å². The molecule has 8 unspecified atom stereocenters. The Kier molecular flexibility index (Phi) is 8.29. The van der Waals surface area contributed by atoms with Gasteiger partial charge in [0.25, 0.3) is 0 Å². The number of fused-ring (bicyclic) bond motifs is 1. The Hall–Kier alpha value is -3.36. The molecule has 10 aliphatic carbocycles. The minimum Gasteiger partial charge on any atom is -0.493 e. The summed E-state index contributed by atoms with van der Waals surface area (Å²) in [5.41, 5.74) is -0.983. The van der Waals surface area contributed by atoms with Crippen LogP contribution in [0.5, 0.6) is 11.5 Å². The quantitative estimate of drug-likeness (QED) is 0.185. The van der Waals surface area contributed by atoms with Gasteiger partial charge in [-0.25, -0.2) is 0 Å². The lowest BCUT2D eigenvalue weighted by atomic mass is 9.32. The molecule has 8 atom stereocenters. The number of carbonyl (C=O) groups is 2. The second-order valence-corrected chi connectivity index (χ2v) is 20.7. The van der Waals surface area contributed by atoms with Crippen molar-refractivity contribution in [3.8, 4) is 11.5 Å². The summed E-state index contributed by atoms with van der Waals surface area (Å²) in [6.45, 7) is 5.70. The highest BCUT2D eigenvalue weighted by Gasteiger charge is 2.75. The van der Waals surface area contributed by atoms with Crippen LogP contribution in [0.25, 0.3) is 0 Å². The largest absolute Gasteiger partial charge is 0.493 e. The average Bonchev–Trinajstić information content (AvgIpc) is 3.80. The average molecular weight is 764 g/mol. The molecule has 6 bridgehead atoms. The molecule has 0 saturated heterocycles. The monoisotopic (exact) mass is 763 g/mol. The number of nitrogens with zero attached hydrogens (tertiary/aromatic N) is 1. The van der Waals surface area contributed by atoms with Gasteiger partial charge in [-0.05, 0) is 154 Å². The number of furan rings is 1. The third-order valence-electron chi connectivity index (χ3n) is 18.0. The first-order valence-corrected chi connectivity index (χ1v) is 21.7. The van der Waals surface area contributed by atoms with Gasteiger partial charge in [0.2, 0.25) is 11.7 Å². The maximum absolute atomic E-state index is 14.9. The summed E-state index contributed by atoms with van der Waals surface area (Å²) in [5.74, 6) is 4.05. The van der Waals surface area contributed by atoms with E-state index in [-0.39, 0.29) is 40.8 Å². The molecule has 1 aromatic carbocycles. The number of ether oxygens (including phenoxy) is 2. The van der Waals surface area contributed by atoms with Crippen LogP contribution in [0.1, 0.15) is 113 Å². The summed E-state index contributed by atoms with van der Waals surface area (Å²) in [6.07, 6.45) is 21.3. The molecule has 8 heteroatoms. The Balaban J connectivity index is 1.02. The maximum Gasteiger partial charge on any atom is 0.227 e. The van der Waals surface area contributed by atoms with E-state index < -0.39 is 27.9 Å². The van der Waals surface area contributed by atoms with Crippen molar-refractivity contribution < 1.29 is 33.7 Å². The minimum absolute atomic E-state index is 0.00416. The third kappa shape index (κ3) is 5.09. The van der Waals surface area contributed by atoms with E-state index in [1.165, 1.54) is 38.5 Å². The molecule has 12 rings (SSSR count). The molecular weight excluding hydrogens is 703 g/mol. The fourth-order valence-corrected chi connectivity index (χ4v) is 15.9. The van der Waals surface area contributed by atoms with Crippen LogP contribution in [0.2, 0.25) is 0 Å². The van der Waals surface area contributed by atoms with Crippen LogP contribution < -0.4 is 9.47 Å². The predicted molar refractivity (Wildman–Crippen MR) is 212 cm³/mol. The van der Waals surface area contributed by atoms with Gasteiger partial charge in [0.1, 0.15) is 0 Å². The van der Waals surface area contributed by atoms with E-state index >= 15 is 0 Å². The van der Waals surface area contributed by atoms with Crippen molar-refractivity contribution in [2.45, 2.75) is 115 Å². The number of aliphatic hydroxyl groups is 2. The Morgan fingerprint density at radius 2 is 1.52 bits per heavy atom. The molecule has 2 N–H and O–H groups in total. The first-order chi connectivity index (χ1) is 26.8. The van der Waals surface area contributed by atoms with Gasteiger partial charge in [0.05, 0.1) is 38.6 Å². The molecule has 8 nitrogen and oxygen atoms in total. The smallest absolute Gasteiger partial charge is 0.227 e. The number of carbonyl (C=O) groups excluding carboxylic acids is 2. The summed E-state index contributed by atoms with van der Waals surface area (Å²) >= 11 is 0. The molecule has 1 aromatic heterocycles. The van der Waals surface area contributed by atoms with Gasteiger partial charge >= 0.3 is 0 Å². The normalized spacial score (nSPS) is 43.8. The predicted octanol–water partition coefficient (Wildman–Crippen LogP) is 8.36. The first kappa shape index (κ1) is 36.9. The molecule has 0 radical (unpaired) electrons. The van der Waals surface area contributed by atoms with Crippen LogP contribution in [0.4, 0.5) is 0 Å². The van der Waals surface area contributed by atoms with Crippen molar-refractivity contribution in [3.63, 3.8) is 0 Å². The van der Waals surface area contributed by atoms with Crippen molar-refractivity contribution >= 4 is 11.7 Å². The van der Waals surface area contributed by atoms with E-state index in [1.54, 1.807) is 32.6 Å². The summed E-state index contributed by atoms with van der Waals surface area (Å²) in [7, 11) is 3.25. The van der Waals surface area contributed by atoms with E-state index in [0.29, 0.717) is 43.2 Å². The van der Waals surface area contributed by atoms with E-state index in [9.17, 15) is 19.8 Å². The Labute approximate surface area is 332 Å². The fraction of sp³-hybridized carbons (Fsp3) is 0.667. The highest BCUT2D eigenvalue weighted by molar-refractivity contribution is 6.08. The van der Waals surface area contributed by atoms with Crippen LogP contribution >= 0.6 is 0 Å². The molecule has 1 heterocycles. The Bertz CT molecular complexity index is 1950. The zero-order valence-electron chi connectivity index (χ0n) is 33.9. The first-order valence-electron chi connectivity index (χ1n) is 21.7. The van der Waals surface area contributed by atoms with E-state index in [1.807, 2.05) is 18.2 Å². The number of benzene rings is 1. The molecule has 300 valence electrons. The standard InChI is InChI=1S/C48H61NO7/c1-43-12-9-34(50)26-46(43)15-16-48(35(27-46)42(52)37-6-5-17-56-37)39(43)10-13-44(2)40(48)11-14-47(44,53)29-49(28-45-23-31-18-32(24-45)20-33(19-31)25-45)41(51)22-30-7-8-36(54-3)38(21-30)55-4/h5-8,15-17,21,27,31-34,39-40,50,53H,9-14,18-20,22-26,28-29H2,1-4H3. The van der Waals surface area contributed by atoms with Gasteiger partial charge in [-0.2, -0.15) is 0 Å². The topological polar surface area (TPSA) is 109 Å². The Morgan fingerprint density at radius 3 is 2.20 bits per heavy atom. The van der Waals surface area contributed by atoms with Crippen molar-refractivity contribution in [3.05, 3.63) is 71.7 Å². The van der Waals surface area contributed by atoms with Gasteiger partial charge in [-0.3, -0.25) is 9.59 Å².